The van der Waals surface area contributed by atoms with Crippen LogP contribution in [0.2, 0.25) is 5.02 Å². The Hall–Kier alpha value is -2.87. The van der Waals surface area contributed by atoms with Crippen LogP contribution in [0.1, 0.15) is 37.0 Å². The molecule has 1 aliphatic heterocycles. The van der Waals surface area contributed by atoms with E-state index in [1.54, 1.807) is 25.1 Å². The monoisotopic (exact) mass is 392 g/mol. The summed E-state index contributed by atoms with van der Waals surface area (Å²) in [6, 6.07) is 5.73. The molecule has 0 bridgehead atoms. The first kappa shape index (κ1) is 20.4. The molecule has 0 saturated carbocycles. The zero-order chi connectivity index (χ0) is 20.0. The van der Waals surface area contributed by atoms with Crippen molar-refractivity contribution in [3.8, 4) is 0 Å². The maximum atomic E-state index is 12.7. The lowest BCUT2D eigenvalue weighted by Gasteiger charge is -2.31. The number of urea groups is 1. The molecule has 0 spiro atoms. The van der Waals surface area contributed by atoms with E-state index in [1.807, 2.05) is 6.92 Å². The Morgan fingerprint density at radius 2 is 1.96 bits per heavy atom. The fourth-order valence-corrected chi connectivity index (χ4v) is 2.79. The van der Waals surface area contributed by atoms with E-state index in [-0.39, 0.29) is 22.8 Å². The number of amides is 5. The predicted molar refractivity (Wildman–Crippen MR) is 99.5 cm³/mol. The quantitative estimate of drug-likeness (QED) is 0.485. The number of carbonyl (C=O) groups is 4. The average molecular weight is 393 g/mol. The summed E-state index contributed by atoms with van der Waals surface area (Å²) in [5.41, 5.74) is 5.42. The lowest BCUT2D eigenvalue weighted by Crippen LogP contribution is -2.60. The minimum atomic E-state index is -1.25. The van der Waals surface area contributed by atoms with Crippen molar-refractivity contribution in [3.05, 3.63) is 46.6 Å². The number of carbonyl (C=O) groups excluding carboxylic acids is 4. The van der Waals surface area contributed by atoms with Crippen molar-refractivity contribution in [1.29, 1.82) is 0 Å². The van der Waals surface area contributed by atoms with Crippen LogP contribution in [0, 0.1) is 5.92 Å². The van der Waals surface area contributed by atoms with Gasteiger partial charge in [0.15, 0.2) is 5.92 Å². The molecule has 1 aromatic carbocycles. The third kappa shape index (κ3) is 4.65. The lowest BCUT2D eigenvalue weighted by atomic mass is 10.00. The van der Waals surface area contributed by atoms with Gasteiger partial charge in [-0.05, 0) is 25.5 Å². The Labute approximate surface area is 161 Å². The van der Waals surface area contributed by atoms with Crippen LogP contribution in [0.3, 0.4) is 0 Å². The molecule has 1 heterocycles. The topological polar surface area (TPSA) is 108 Å². The molecule has 2 rings (SSSR count). The number of rotatable bonds is 7. The number of unbranched alkanes of at least 4 members (excludes halogenated alkanes) is 1. The highest BCUT2D eigenvalue weighted by Crippen LogP contribution is 2.18. The Kier molecular flexibility index (Phi) is 6.95. The molecular weight excluding hydrogens is 372 g/mol. The first-order valence-electron chi connectivity index (χ1n) is 8.54. The van der Waals surface area contributed by atoms with Crippen molar-refractivity contribution in [2.75, 3.05) is 6.54 Å². The summed E-state index contributed by atoms with van der Waals surface area (Å²) >= 11 is 5.98. The van der Waals surface area contributed by atoms with Crippen molar-refractivity contribution >= 4 is 35.4 Å². The second-order valence-corrected chi connectivity index (χ2v) is 6.28. The van der Waals surface area contributed by atoms with E-state index in [9.17, 15) is 19.2 Å². The largest absolute Gasteiger partial charge is 0.330 e. The molecule has 1 fully saturated rings. The summed E-state index contributed by atoms with van der Waals surface area (Å²) in [5.74, 6) is -3.16. The molecule has 1 aromatic rings. The summed E-state index contributed by atoms with van der Waals surface area (Å²) in [6.07, 6.45) is 2.91. The molecule has 0 aliphatic carbocycles. The van der Waals surface area contributed by atoms with Gasteiger partial charge in [0.2, 0.25) is 11.8 Å². The van der Waals surface area contributed by atoms with Gasteiger partial charge in [-0.3, -0.25) is 30.0 Å². The van der Waals surface area contributed by atoms with Crippen LogP contribution in [0.5, 0.6) is 0 Å². The smallest absolute Gasteiger partial charge is 0.301 e. The lowest BCUT2D eigenvalue weighted by molar-refractivity contribution is -0.141. The van der Waals surface area contributed by atoms with E-state index in [0.717, 1.165) is 11.3 Å². The fraction of sp³-hybridized carbons (Fsp3) is 0.333. The Balaban J connectivity index is 2.12. The Morgan fingerprint density at radius 1 is 1.26 bits per heavy atom. The van der Waals surface area contributed by atoms with Crippen LogP contribution in [0.25, 0.3) is 0 Å². The van der Waals surface area contributed by atoms with Crippen molar-refractivity contribution in [3.63, 3.8) is 0 Å². The number of imide groups is 2. The van der Waals surface area contributed by atoms with Crippen LogP contribution in [-0.4, -0.2) is 35.2 Å². The van der Waals surface area contributed by atoms with E-state index < -0.39 is 29.7 Å². The molecule has 0 radical (unpaired) electrons. The van der Waals surface area contributed by atoms with E-state index in [4.69, 9.17) is 11.6 Å². The van der Waals surface area contributed by atoms with Gasteiger partial charge in [-0.15, -0.1) is 0 Å². The number of benzene rings is 1. The van der Waals surface area contributed by atoms with E-state index >= 15 is 0 Å². The highest BCUT2D eigenvalue weighted by molar-refractivity contribution is 6.33. The number of allylic oxidation sites excluding steroid dienone is 1. The highest BCUT2D eigenvalue weighted by Gasteiger charge is 2.42. The minimum Gasteiger partial charge on any atom is -0.301 e. The Morgan fingerprint density at radius 3 is 2.59 bits per heavy atom. The minimum absolute atomic E-state index is 0.159. The first-order chi connectivity index (χ1) is 12.9. The van der Waals surface area contributed by atoms with Gasteiger partial charge in [0.1, 0.15) is 0 Å². The molecule has 0 aromatic heterocycles. The maximum Gasteiger partial charge on any atom is 0.330 e. The van der Waals surface area contributed by atoms with Crippen LogP contribution < -0.4 is 16.2 Å². The summed E-state index contributed by atoms with van der Waals surface area (Å²) in [5, 5.41) is 2.44. The first-order valence-corrected chi connectivity index (χ1v) is 8.91. The van der Waals surface area contributed by atoms with Crippen LogP contribution >= 0.6 is 11.6 Å². The summed E-state index contributed by atoms with van der Waals surface area (Å²) in [6.45, 7) is 3.75. The zero-order valence-electron chi connectivity index (χ0n) is 15.0. The van der Waals surface area contributed by atoms with Gasteiger partial charge in [-0.2, -0.15) is 0 Å². The molecule has 1 atom stereocenters. The number of nitrogens with one attached hydrogen (secondary N) is 3. The molecule has 27 heavy (non-hydrogen) atoms. The molecule has 5 amide bonds. The average Bonchev–Trinajstić information content (AvgIpc) is 2.64. The molecule has 9 heteroatoms. The second-order valence-electron chi connectivity index (χ2n) is 5.87. The van der Waals surface area contributed by atoms with Gasteiger partial charge in [0.25, 0.3) is 5.91 Å². The molecular formula is C18H21ClN4O4. The normalized spacial score (nSPS) is 17.6. The van der Waals surface area contributed by atoms with Gasteiger partial charge in [-0.1, -0.05) is 43.2 Å². The SMILES string of the molecule is C/C=C(\NNC(=O)c1ccccc1Cl)[C@@H]1C(=O)NC(=O)N(CCCC)C1=O. The van der Waals surface area contributed by atoms with Crippen LogP contribution in [-0.2, 0) is 9.59 Å². The predicted octanol–water partition coefficient (Wildman–Crippen LogP) is 1.97. The molecule has 3 N–H and O–H groups in total. The summed E-state index contributed by atoms with van der Waals surface area (Å²) < 4.78 is 0. The molecule has 0 unspecified atom stereocenters. The molecule has 1 saturated heterocycles. The van der Waals surface area contributed by atoms with Gasteiger partial charge in [0.05, 0.1) is 10.6 Å². The third-order valence-corrected chi connectivity index (χ3v) is 4.38. The van der Waals surface area contributed by atoms with E-state index in [0.29, 0.717) is 6.42 Å². The van der Waals surface area contributed by atoms with Gasteiger partial charge in [0, 0.05) is 12.2 Å². The highest BCUT2D eigenvalue weighted by atomic mass is 35.5. The molecule has 8 nitrogen and oxygen atoms in total. The summed E-state index contributed by atoms with van der Waals surface area (Å²) in [4.78, 5) is 50.0. The molecule has 1 aliphatic rings. The van der Waals surface area contributed by atoms with Crippen molar-refractivity contribution < 1.29 is 19.2 Å². The maximum absolute atomic E-state index is 12.7. The van der Waals surface area contributed by atoms with E-state index in [1.165, 1.54) is 12.1 Å². The van der Waals surface area contributed by atoms with Gasteiger partial charge in [-0.25, -0.2) is 4.79 Å². The summed E-state index contributed by atoms with van der Waals surface area (Å²) in [7, 11) is 0. The Bertz CT molecular complexity index is 793. The number of barbiturate groups is 1. The number of hydrogen-bond acceptors (Lipinski definition) is 5. The van der Waals surface area contributed by atoms with Crippen LogP contribution in [0.15, 0.2) is 36.0 Å². The standard InChI is InChI=1S/C18H21ClN4O4/c1-3-5-10-23-17(26)14(16(25)20-18(23)27)13(4-2)21-22-15(24)11-8-6-7-9-12(11)19/h4,6-9,14,21H,3,5,10H2,1-2H3,(H,22,24)(H,20,25,27)/b13-4-/t14-/m1/s1. The van der Waals surface area contributed by atoms with Gasteiger partial charge < -0.3 is 5.43 Å². The van der Waals surface area contributed by atoms with E-state index in [2.05, 4.69) is 16.2 Å². The number of nitrogens with zero attached hydrogens (tertiary/aromatic N) is 1. The van der Waals surface area contributed by atoms with Crippen molar-refractivity contribution in [1.82, 2.24) is 21.1 Å². The number of hydrogen-bond donors (Lipinski definition) is 3. The number of hydrazine groups is 1. The third-order valence-electron chi connectivity index (χ3n) is 4.05. The van der Waals surface area contributed by atoms with Gasteiger partial charge >= 0.3 is 6.03 Å². The molecule has 144 valence electrons. The zero-order valence-corrected chi connectivity index (χ0v) is 15.8. The second kappa shape index (κ2) is 9.18. The number of halogens is 1. The fourth-order valence-electron chi connectivity index (χ4n) is 2.57. The van der Waals surface area contributed by atoms with Crippen molar-refractivity contribution in [2.45, 2.75) is 26.7 Å². The van der Waals surface area contributed by atoms with Crippen molar-refractivity contribution in [2.24, 2.45) is 5.92 Å². The van der Waals surface area contributed by atoms with Crippen LogP contribution in [0.4, 0.5) is 4.79 Å².